The van der Waals surface area contributed by atoms with Crippen LogP contribution in [0.5, 0.6) is 5.75 Å². The summed E-state index contributed by atoms with van der Waals surface area (Å²) < 4.78 is 6.23. The first-order chi connectivity index (χ1) is 9.75. The predicted molar refractivity (Wildman–Crippen MR) is 73.7 cm³/mol. The summed E-state index contributed by atoms with van der Waals surface area (Å²) in [5.41, 5.74) is 3.18. The van der Waals surface area contributed by atoms with Gasteiger partial charge in [-0.05, 0) is 30.4 Å². The van der Waals surface area contributed by atoms with E-state index in [1.807, 2.05) is 6.08 Å². The van der Waals surface area contributed by atoms with E-state index in [1.54, 1.807) is 0 Å². The van der Waals surface area contributed by atoms with Crippen LogP contribution in [-0.2, 0) is 11.8 Å². The fourth-order valence-electron chi connectivity index (χ4n) is 6.21. The van der Waals surface area contributed by atoms with Gasteiger partial charge in [-0.3, -0.25) is 0 Å². The Morgan fingerprint density at radius 3 is 3.25 bits per heavy atom. The molecule has 2 fully saturated rings. The lowest BCUT2D eigenvalue weighted by Crippen LogP contribution is -2.66. The molecule has 2 N–H and O–H groups in total. The molecule has 1 aromatic rings. The minimum Gasteiger partial charge on any atom is -0.486 e. The molecule has 0 amide bonds. The topological polar surface area (TPSA) is 41.5 Å². The van der Waals surface area contributed by atoms with Gasteiger partial charge in [-0.1, -0.05) is 24.3 Å². The fraction of sp³-hybridized carbons (Fsp3) is 0.529. The molecule has 1 saturated carbocycles. The van der Waals surface area contributed by atoms with Crippen LogP contribution in [0, 0.1) is 11.3 Å². The number of aliphatic hydroxyl groups is 1. The first-order valence-electron chi connectivity index (χ1n) is 7.64. The molecule has 3 nitrogen and oxygen atoms in total. The first-order valence-corrected chi connectivity index (χ1v) is 7.64. The molecule has 102 valence electrons. The lowest BCUT2D eigenvalue weighted by molar-refractivity contribution is -0.0865. The van der Waals surface area contributed by atoms with E-state index in [0.29, 0.717) is 12.0 Å². The molecule has 20 heavy (non-hydrogen) atoms. The van der Waals surface area contributed by atoms with Gasteiger partial charge < -0.3 is 15.2 Å². The Kier molecular flexibility index (Phi) is 1.47. The first kappa shape index (κ1) is 10.4. The van der Waals surface area contributed by atoms with Gasteiger partial charge in [0.1, 0.15) is 18.0 Å². The average molecular weight is 267 g/mol. The highest BCUT2D eigenvalue weighted by molar-refractivity contribution is 5.59. The zero-order chi connectivity index (χ0) is 13.1. The fourth-order valence-corrected chi connectivity index (χ4v) is 6.21. The molecule has 1 saturated heterocycles. The van der Waals surface area contributed by atoms with Gasteiger partial charge in [-0.15, -0.1) is 0 Å². The van der Waals surface area contributed by atoms with E-state index >= 15 is 0 Å². The number of hydrogen-bond donors (Lipinski definition) is 2. The second-order valence-electron chi connectivity index (χ2n) is 7.30. The van der Waals surface area contributed by atoms with E-state index in [1.165, 1.54) is 11.1 Å². The van der Waals surface area contributed by atoms with Crippen molar-refractivity contribution in [1.82, 2.24) is 5.32 Å². The zero-order valence-electron chi connectivity index (χ0n) is 11.2. The molecule has 0 aromatic heterocycles. The number of aliphatic hydroxyl groups excluding tert-OH is 1. The molecular weight excluding hydrogens is 250 g/mol. The molecular formula is C17H17NO2. The van der Waals surface area contributed by atoms with E-state index in [9.17, 15) is 5.11 Å². The summed E-state index contributed by atoms with van der Waals surface area (Å²) in [6.07, 6.45) is 5.97. The van der Waals surface area contributed by atoms with Gasteiger partial charge >= 0.3 is 0 Å². The summed E-state index contributed by atoms with van der Waals surface area (Å²) in [5, 5.41) is 14.3. The average Bonchev–Trinajstić information content (AvgIpc) is 2.87. The smallest absolute Gasteiger partial charge is 0.138 e. The molecule has 0 radical (unpaired) electrons. The number of ether oxygens (including phenoxy) is 1. The maximum Gasteiger partial charge on any atom is 0.138 e. The number of hydrogen-bond acceptors (Lipinski definition) is 3. The molecule has 1 aromatic carbocycles. The van der Waals surface area contributed by atoms with Crippen LogP contribution in [0.4, 0.5) is 0 Å². The summed E-state index contributed by atoms with van der Waals surface area (Å²) >= 11 is 0. The second-order valence-corrected chi connectivity index (χ2v) is 7.30. The quantitative estimate of drug-likeness (QED) is 0.693. The molecule has 6 atom stereocenters. The molecule has 6 unspecified atom stereocenters. The van der Waals surface area contributed by atoms with Crippen molar-refractivity contribution in [2.24, 2.45) is 11.3 Å². The van der Waals surface area contributed by atoms with Gasteiger partial charge in [0.2, 0.25) is 0 Å². The number of nitrogens with one attached hydrogen (secondary N) is 1. The summed E-state index contributed by atoms with van der Waals surface area (Å²) in [6, 6.07) is 6.98. The van der Waals surface area contributed by atoms with Crippen molar-refractivity contribution < 1.29 is 9.84 Å². The third-order valence-corrected chi connectivity index (χ3v) is 6.61. The zero-order valence-corrected chi connectivity index (χ0v) is 11.2. The Morgan fingerprint density at radius 2 is 2.30 bits per heavy atom. The van der Waals surface area contributed by atoms with Crippen LogP contribution in [0.2, 0.25) is 0 Å². The van der Waals surface area contributed by atoms with Crippen LogP contribution >= 0.6 is 0 Å². The molecule has 2 heterocycles. The van der Waals surface area contributed by atoms with Crippen LogP contribution in [0.15, 0.2) is 30.4 Å². The predicted octanol–water partition coefficient (Wildman–Crippen LogP) is 1.15. The molecule has 7 rings (SSSR count). The van der Waals surface area contributed by atoms with Crippen molar-refractivity contribution in [1.29, 1.82) is 0 Å². The summed E-state index contributed by atoms with van der Waals surface area (Å²) in [5.74, 6) is 1.63. The Hall–Kier alpha value is -1.32. The summed E-state index contributed by atoms with van der Waals surface area (Å²) in [6.45, 7) is 1.06. The van der Waals surface area contributed by atoms with Crippen LogP contribution in [0.3, 0.4) is 0 Å². The number of rotatable bonds is 0. The van der Waals surface area contributed by atoms with Gasteiger partial charge in [-0.25, -0.2) is 0 Å². The van der Waals surface area contributed by atoms with Crippen molar-refractivity contribution in [3.63, 3.8) is 0 Å². The Balaban J connectivity index is 1.71. The lowest BCUT2D eigenvalue weighted by Gasteiger charge is -2.61. The van der Waals surface area contributed by atoms with Crippen LogP contribution < -0.4 is 10.1 Å². The second kappa shape index (κ2) is 2.83. The Bertz CT molecular complexity index is 684. The number of fused-ring (bicyclic) bond motifs is 1. The van der Waals surface area contributed by atoms with E-state index in [2.05, 4.69) is 29.6 Å². The van der Waals surface area contributed by atoms with Crippen LogP contribution in [-0.4, -0.2) is 29.9 Å². The molecule has 6 aliphatic rings. The van der Waals surface area contributed by atoms with Crippen LogP contribution in [0.25, 0.3) is 0 Å². The van der Waals surface area contributed by atoms with E-state index in [0.717, 1.165) is 25.1 Å². The van der Waals surface area contributed by atoms with Crippen molar-refractivity contribution >= 4 is 0 Å². The minimum absolute atomic E-state index is 0.0568. The van der Waals surface area contributed by atoms with Crippen molar-refractivity contribution in [3.05, 3.63) is 41.5 Å². The van der Waals surface area contributed by atoms with Gasteiger partial charge in [0.25, 0.3) is 0 Å². The minimum atomic E-state index is -0.473. The Morgan fingerprint density at radius 1 is 1.35 bits per heavy atom. The van der Waals surface area contributed by atoms with Gasteiger partial charge in [0, 0.05) is 29.0 Å². The molecule has 2 aliphatic heterocycles. The third-order valence-electron chi connectivity index (χ3n) is 6.61. The van der Waals surface area contributed by atoms with Crippen molar-refractivity contribution in [3.8, 4) is 5.75 Å². The highest BCUT2D eigenvalue weighted by atomic mass is 16.5. The maximum absolute atomic E-state index is 10.5. The van der Waals surface area contributed by atoms with Gasteiger partial charge in [0.05, 0.1) is 0 Å². The Labute approximate surface area is 117 Å². The van der Waals surface area contributed by atoms with E-state index in [-0.39, 0.29) is 16.9 Å². The van der Waals surface area contributed by atoms with E-state index < -0.39 is 6.10 Å². The van der Waals surface area contributed by atoms with Gasteiger partial charge in [0.15, 0.2) is 0 Å². The highest BCUT2D eigenvalue weighted by Gasteiger charge is 2.76. The van der Waals surface area contributed by atoms with Crippen molar-refractivity contribution in [2.75, 3.05) is 6.54 Å². The SMILES string of the molecule is OC1C=CC23CNC4Cc5cccc6c5C(C2)(C1O6)C43. The van der Waals surface area contributed by atoms with Gasteiger partial charge in [-0.2, -0.15) is 0 Å². The molecule has 2 bridgehead atoms. The van der Waals surface area contributed by atoms with Crippen LogP contribution in [0.1, 0.15) is 17.5 Å². The monoisotopic (exact) mass is 267 g/mol. The molecule has 3 heteroatoms. The van der Waals surface area contributed by atoms with E-state index in [4.69, 9.17) is 4.74 Å². The normalized spacial score (nSPS) is 52.0. The summed E-state index contributed by atoms with van der Waals surface area (Å²) in [4.78, 5) is 0. The highest BCUT2D eigenvalue weighted by Crippen LogP contribution is 2.73. The third kappa shape index (κ3) is 0.821. The lowest BCUT2D eigenvalue weighted by atomic mass is 9.40. The molecule has 2 spiro atoms. The number of benzene rings is 1. The largest absolute Gasteiger partial charge is 0.486 e. The standard InChI is InChI=1S/C17H17NO2/c19-11-4-5-16-7-17-13-9(6-10(14(16)17)18-8-16)2-1-3-12(13)20-15(11)17/h1-5,10-11,14-15,18-19H,6-8H2. The summed E-state index contributed by atoms with van der Waals surface area (Å²) in [7, 11) is 0. The molecule has 4 aliphatic carbocycles. The maximum atomic E-state index is 10.5. The van der Waals surface area contributed by atoms with Crippen molar-refractivity contribution in [2.45, 2.75) is 36.5 Å².